The number of nitrogens with zero attached hydrogens (tertiary/aromatic N) is 3. The number of carbonyl (C=O) groups is 1. The zero-order valence-electron chi connectivity index (χ0n) is 13.1. The SMILES string of the molecule is CN1CCN(C(C)(C)CNC(=O)c2ncccc2N)CC1. The molecule has 6 heteroatoms. The molecule has 2 heterocycles. The van der Waals surface area contributed by atoms with Gasteiger partial charge < -0.3 is 16.0 Å². The fraction of sp³-hybridized carbons (Fsp3) is 0.600. The first-order chi connectivity index (χ1) is 9.90. The van der Waals surface area contributed by atoms with E-state index in [1.54, 1.807) is 18.3 Å². The van der Waals surface area contributed by atoms with E-state index in [2.05, 4.69) is 41.0 Å². The Balaban J connectivity index is 1.92. The maximum absolute atomic E-state index is 12.2. The number of hydrogen-bond donors (Lipinski definition) is 2. The van der Waals surface area contributed by atoms with Crippen molar-refractivity contribution in [1.82, 2.24) is 20.1 Å². The minimum atomic E-state index is -0.213. The highest BCUT2D eigenvalue weighted by atomic mass is 16.1. The Bertz CT molecular complexity index is 495. The Morgan fingerprint density at radius 2 is 2.05 bits per heavy atom. The van der Waals surface area contributed by atoms with E-state index in [-0.39, 0.29) is 11.4 Å². The van der Waals surface area contributed by atoms with E-state index in [0.717, 1.165) is 26.2 Å². The van der Waals surface area contributed by atoms with Crippen molar-refractivity contribution in [2.75, 3.05) is 45.5 Å². The van der Waals surface area contributed by atoms with Crippen molar-refractivity contribution < 1.29 is 4.79 Å². The lowest BCUT2D eigenvalue weighted by Crippen LogP contribution is -2.57. The van der Waals surface area contributed by atoms with Gasteiger partial charge in [0.2, 0.25) is 0 Å². The molecular weight excluding hydrogens is 266 g/mol. The first-order valence-corrected chi connectivity index (χ1v) is 7.32. The summed E-state index contributed by atoms with van der Waals surface area (Å²) < 4.78 is 0. The van der Waals surface area contributed by atoms with Crippen molar-refractivity contribution in [2.45, 2.75) is 19.4 Å². The summed E-state index contributed by atoms with van der Waals surface area (Å²) in [7, 11) is 2.13. The highest BCUT2D eigenvalue weighted by Gasteiger charge is 2.29. The van der Waals surface area contributed by atoms with Crippen LogP contribution in [0, 0.1) is 0 Å². The van der Waals surface area contributed by atoms with E-state index in [0.29, 0.717) is 17.9 Å². The molecule has 0 aliphatic carbocycles. The first-order valence-electron chi connectivity index (χ1n) is 7.32. The molecule has 0 radical (unpaired) electrons. The van der Waals surface area contributed by atoms with Gasteiger partial charge in [0.1, 0.15) is 0 Å². The van der Waals surface area contributed by atoms with Gasteiger partial charge in [-0.2, -0.15) is 0 Å². The Hall–Kier alpha value is -1.66. The normalized spacial score (nSPS) is 17.7. The number of piperazine rings is 1. The quantitative estimate of drug-likeness (QED) is 0.841. The smallest absolute Gasteiger partial charge is 0.272 e. The fourth-order valence-electron chi connectivity index (χ4n) is 2.51. The van der Waals surface area contributed by atoms with Crippen molar-refractivity contribution in [3.05, 3.63) is 24.0 Å². The first kappa shape index (κ1) is 15.7. The minimum absolute atomic E-state index is 0.0829. The Morgan fingerprint density at radius 3 is 2.67 bits per heavy atom. The van der Waals surface area contributed by atoms with Gasteiger partial charge in [0.05, 0.1) is 5.69 Å². The maximum Gasteiger partial charge on any atom is 0.272 e. The zero-order chi connectivity index (χ0) is 15.5. The monoisotopic (exact) mass is 291 g/mol. The zero-order valence-corrected chi connectivity index (χ0v) is 13.1. The number of aromatic nitrogens is 1. The third-order valence-corrected chi connectivity index (χ3v) is 4.09. The van der Waals surface area contributed by atoms with Gasteiger partial charge >= 0.3 is 0 Å². The van der Waals surface area contributed by atoms with Gasteiger partial charge in [0, 0.05) is 44.5 Å². The fourth-order valence-corrected chi connectivity index (χ4v) is 2.51. The second kappa shape index (κ2) is 6.41. The number of nitrogen functional groups attached to an aromatic ring is 1. The van der Waals surface area contributed by atoms with Gasteiger partial charge in [-0.1, -0.05) is 0 Å². The number of rotatable bonds is 4. The molecule has 1 aliphatic rings. The van der Waals surface area contributed by atoms with E-state index in [1.165, 1.54) is 0 Å². The lowest BCUT2D eigenvalue weighted by molar-refractivity contribution is 0.0587. The molecule has 0 bridgehead atoms. The van der Waals surface area contributed by atoms with Crippen LogP contribution < -0.4 is 11.1 Å². The van der Waals surface area contributed by atoms with E-state index in [1.807, 2.05) is 0 Å². The molecule has 0 unspecified atom stereocenters. The second-order valence-corrected chi connectivity index (χ2v) is 6.23. The molecule has 1 aromatic heterocycles. The topological polar surface area (TPSA) is 74.5 Å². The number of likely N-dealkylation sites (N-methyl/N-ethyl adjacent to an activating group) is 1. The molecule has 0 aromatic carbocycles. The van der Waals surface area contributed by atoms with Crippen LogP contribution in [0.1, 0.15) is 24.3 Å². The summed E-state index contributed by atoms with van der Waals surface area (Å²) in [6, 6.07) is 3.41. The molecule has 6 nitrogen and oxygen atoms in total. The molecule has 0 spiro atoms. The summed E-state index contributed by atoms with van der Waals surface area (Å²) in [6.07, 6.45) is 1.58. The van der Waals surface area contributed by atoms with Crippen LogP contribution in [0.2, 0.25) is 0 Å². The number of pyridine rings is 1. The highest BCUT2D eigenvalue weighted by Crippen LogP contribution is 2.16. The Morgan fingerprint density at radius 1 is 1.38 bits per heavy atom. The average molecular weight is 291 g/mol. The third kappa shape index (κ3) is 3.92. The summed E-state index contributed by atoms with van der Waals surface area (Å²) in [5, 5.41) is 2.95. The van der Waals surface area contributed by atoms with Gasteiger partial charge in [-0.3, -0.25) is 9.69 Å². The summed E-state index contributed by atoms with van der Waals surface area (Å²) in [4.78, 5) is 20.9. The van der Waals surface area contributed by atoms with Crippen LogP contribution in [-0.2, 0) is 0 Å². The van der Waals surface area contributed by atoms with Gasteiger partial charge in [0.15, 0.2) is 5.69 Å². The molecule has 2 rings (SSSR count). The van der Waals surface area contributed by atoms with Crippen LogP contribution in [-0.4, -0.2) is 66.0 Å². The van der Waals surface area contributed by atoms with Crippen molar-refractivity contribution in [2.24, 2.45) is 0 Å². The van der Waals surface area contributed by atoms with Crippen molar-refractivity contribution >= 4 is 11.6 Å². The molecule has 1 amide bonds. The molecule has 1 fully saturated rings. The maximum atomic E-state index is 12.2. The molecule has 1 saturated heterocycles. The predicted molar refractivity (Wildman–Crippen MR) is 84.1 cm³/mol. The Kier molecular flexibility index (Phi) is 4.80. The highest BCUT2D eigenvalue weighted by molar-refractivity contribution is 5.97. The lowest BCUT2D eigenvalue weighted by atomic mass is 10.0. The second-order valence-electron chi connectivity index (χ2n) is 6.23. The number of hydrogen-bond acceptors (Lipinski definition) is 5. The molecule has 0 saturated carbocycles. The van der Waals surface area contributed by atoms with E-state index >= 15 is 0 Å². The summed E-state index contributed by atoms with van der Waals surface area (Å²) in [5.41, 5.74) is 6.40. The number of nitrogens with two attached hydrogens (primary N) is 1. The van der Waals surface area contributed by atoms with Gasteiger partial charge in [-0.25, -0.2) is 4.98 Å². The van der Waals surface area contributed by atoms with Crippen LogP contribution in [0.15, 0.2) is 18.3 Å². The summed E-state index contributed by atoms with van der Waals surface area (Å²) in [5.74, 6) is -0.213. The van der Waals surface area contributed by atoms with Crippen LogP contribution in [0.4, 0.5) is 5.69 Å². The van der Waals surface area contributed by atoms with Crippen LogP contribution in [0.25, 0.3) is 0 Å². The van der Waals surface area contributed by atoms with E-state index < -0.39 is 0 Å². The molecule has 1 aromatic rings. The van der Waals surface area contributed by atoms with Crippen LogP contribution in [0.5, 0.6) is 0 Å². The van der Waals surface area contributed by atoms with Crippen molar-refractivity contribution in [3.63, 3.8) is 0 Å². The number of carbonyl (C=O) groups excluding carboxylic acids is 1. The van der Waals surface area contributed by atoms with Crippen molar-refractivity contribution in [3.8, 4) is 0 Å². The number of anilines is 1. The van der Waals surface area contributed by atoms with Gasteiger partial charge in [0.25, 0.3) is 5.91 Å². The molecule has 116 valence electrons. The van der Waals surface area contributed by atoms with Gasteiger partial charge in [-0.05, 0) is 33.0 Å². The summed E-state index contributed by atoms with van der Waals surface area (Å²) >= 11 is 0. The van der Waals surface area contributed by atoms with Crippen molar-refractivity contribution in [1.29, 1.82) is 0 Å². The standard InChI is InChI=1S/C15H25N5O/c1-15(2,20-9-7-19(3)8-10-20)11-18-14(21)13-12(16)5-4-6-17-13/h4-6H,7-11,16H2,1-3H3,(H,18,21). The van der Waals surface area contributed by atoms with Crippen LogP contribution >= 0.6 is 0 Å². The van der Waals surface area contributed by atoms with Gasteiger partial charge in [-0.15, -0.1) is 0 Å². The molecular formula is C15H25N5O. The number of amides is 1. The van der Waals surface area contributed by atoms with E-state index in [4.69, 9.17) is 5.73 Å². The number of nitrogens with one attached hydrogen (secondary N) is 1. The Labute approximate surface area is 126 Å². The minimum Gasteiger partial charge on any atom is -0.397 e. The lowest BCUT2D eigenvalue weighted by Gasteiger charge is -2.43. The third-order valence-electron chi connectivity index (χ3n) is 4.09. The molecule has 21 heavy (non-hydrogen) atoms. The largest absolute Gasteiger partial charge is 0.397 e. The van der Waals surface area contributed by atoms with Crippen LogP contribution in [0.3, 0.4) is 0 Å². The summed E-state index contributed by atoms with van der Waals surface area (Å²) in [6.45, 7) is 9.04. The molecule has 1 aliphatic heterocycles. The molecule has 3 N–H and O–H groups in total. The molecule has 0 atom stereocenters. The van der Waals surface area contributed by atoms with E-state index in [9.17, 15) is 4.79 Å². The average Bonchev–Trinajstić information content (AvgIpc) is 2.46. The predicted octanol–water partition coefficient (Wildman–Crippen LogP) is 0.420.